The van der Waals surface area contributed by atoms with Crippen molar-refractivity contribution in [2.45, 2.75) is 31.6 Å². The second kappa shape index (κ2) is 9.71. The predicted molar refractivity (Wildman–Crippen MR) is 123 cm³/mol. The van der Waals surface area contributed by atoms with E-state index >= 15 is 0 Å². The molecule has 0 amide bonds. The number of esters is 1. The normalized spacial score (nSPS) is 20.7. The van der Waals surface area contributed by atoms with Crippen LogP contribution in [0.4, 0.5) is 0 Å². The zero-order valence-electron chi connectivity index (χ0n) is 18.5. The van der Waals surface area contributed by atoms with Gasteiger partial charge in [-0.25, -0.2) is 4.79 Å². The van der Waals surface area contributed by atoms with E-state index in [0.29, 0.717) is 30.6 Å². The second-order valence-electron chi connectivity index (χ2n) is 7.94. The Kier molecular flexibility index (Phi) is 6.77. The third-order valence-corrected chi connectivity index (χ3v) is 6.72. The topological polar surface area (TPSA) is 73.9 Å². The molecule has 0 radical (unpaired) electrons. The third-order valence-electron chi connectivity index (χ3n) is 6.02. The Balaban J connectivity index is 1.71. The number of rotatable bonds is 7. The Hall–Kier alpha value is -2.90. The summed E-state index contributed by atoms with van der Waals surface area (Å²) in [5, 5.41) is 7.33. The van der Waals surface area contributed by atoms with Crippen molar-refractivity contribution in [3.63, 3.8) is 0 Å². The number of ether oxygens (including phenoxy) is 3. The summed E-state index contributed by atoms with van der Waals surface area (Å²) in [6.07, 6.45) is 1.04. The fourth-order valence-corrected chi connectivity index (χ4v) is 5.29. The first-order chi connectivity index (χ1) is 15.5. The third kappa shape index (κ3) is 4.23. The molecular weight excluding hydrogens is 426 g/mol. The molecule has 0 fully saturated rings. The van der Waals surface area contributed by atoms with Gasteiger partial charge in [-0.1, -0.05) is 18.2 Å². The Labute approximate surface area is 191 Å². The average molecular weight is 454 g/mol. The standard InChI is InChI=1S/C25H27NO5S/c1-15-22(25(28)31-10-9-29-2)23(16-8-11-32-14-16)24-19(26-15)12-17(13-20(24)27)18-6-4-5-7-21(18)30-3/h4-8,11,14,17,23,26H,9-10,12-13H2,1-3H3/t17-,23-/m0/s1. The number of hydrogen-bond donors (Lipinski definition) is 1. The first-order valence-corrected chi connectivity index (χ1v) is 11.5. The molecular formula is C25H27NO5S. The Morgan fingerprint density at radius 1 is 1.16 bits per heavy atom. The average Bonchev–Trinajstić information content (AvgIpc) is 3.32. The van der Waals surface area contributed by atoms with E-state index in [1.165, 1.54) is 0 Å². The largest absolute Gasteiger partial charge is 0.496 e. The van der Waals surface area contributed by atoms with Crippen LogP contribution in [0, 0.1) is 0 Å². The lowest BCUT2D eigenvalue weighted by Gasteiger charge is -2.36. The summed E-state index contributed by atoms with van der Waals surface area (Å²) in [5.41, 5.74) is 4.71. The molecule has 0 saturated heterocycles. The van der Waals surface area contributed by atoms with Gasteiger partial charge in [0, 0.05) is 42.3 Å². The van der Waals surface area contributed by atoms with Crippen LogP contribution < -0.4 is 10.1 Å². The van der Waals surface area contributed by atoms with Crippen molar-refractivity contribution >= 4 is 23.1 Å². The van der Waals surface area contributed by atoms with Crippen molar-refractivity contribution in [1.29, 1.82) is 0 Å². The first-order valence-electron chi connectivity index (χ1n) is 10.6. The fourth-order valence-electron chi connectivity index (χ4n) is 4.60. The number of ketones is 1. The van der Waals surface area contributed by atoms with Gasteiger partial charge in [0.2, 0.25) is 0 Å². The van der Waals surface area contributed by atoms with Crippen LogP contribution in [-0.4, -0.2) is 39.2 Å². The first kappa shape index (κ1) is 22.3. The summed E-state index contributed by atoms with van der Waals surface area (Å²) >= 11 is 1.55. The number of hydrogen-bond acceptors (Lipinski definition) is 7. The molecule has 1 aliphatic carbocycles. The van der Waals surface area contributed by atoms with Crippen molar-refractivity contribution in [2.24, 2.45) is 0 Å². The van der Waals surface area contributed by atoms with Gasteiger partial charge in [0.25, 0.3) is 0 Å². The number of allylic oxidation sites excluding steroid dienone is 3. The molecule has 0 spiro atoms. The number of thiophene rings is 1. The van der Waals surface area contributed by atoms with E-state index < -0.39 is 11.9 Å². The lowest BCUT2D eigenvalue weighted by molar-refractivity contribution is -0.140. The molecule has 2 aromatic rings. The number of carbonyl (C=O) groups excluding carboxylic acids is 2. The van der Waals surface area contributed by atoms with Gasteiger partial charge in [-0.3, -0.25) is 4.79 Å². The van der Waals surface area contributed by atoms with Crippen molar-refractivity contribution < 1.29 is 23.8 Å². The fraction of sp³-hybridized carbons (Fsp3) is 0.360. The molecule has 6 nitrogen and oxygen atoms in total. The van der Waals surface area contributed by atoms with Crippen molar-refractivity contribution in [2.75, 3.05) is 27.4 Å². The predicted octanol–water partition coefficient (Wildman–Crippen LogP) is 4.31. The number of dihydropyridines is 1. The summed E-state index contributed by atoms with van der Waals surface area (Å²) in [5.74, 6) is -0.0149. The Morgan fingerprint density at radius 2 is 1.97 bits per heavy atom. The van der Waals surface area contributed by atoms with Gasteiger partial charge in [-0.15, -0.1) is 0 Å². The zero-order valence-corrected chi connectivity index (χ0v) is 19.3. The molecule has 1 N–H and O–H groups in total. The molecule has 0 unspecified atom stereocenters. The molecule has 1 aromatic carbocycles. The SMILES string of the molecule is COCCOC(=O)C1=C(C)NC2=C(C(=O)C[C@@H](c3ccccc3OC)C2)[C@H]1c1ccsc1. The van der Waals surface area contributed by atoms with Crippen LogP contribution in [0.1, 0.15) is 42.7 Å². The molecule has 0 saturated carbocycles. The summed E-state index contributed by atoms with van der Waals surface area (Å²) in [4.78, 5) is 26.5. The smallest absolute Gasteiger partial charge is 0.336 e. The Morgan fingerprint density at radius 3 is 2.69 bits per heavy atom. The van der Waals surface area contributed by atoms with Gasteiger partial charge in [0.1, 0.15) is 12.4 Å². The van der Waals surface area contributed by atoms with E-state index in [0.717, 1.165) is 28.3 Å². The lowest BCUT2D eigenvalue weighted by Crippen LogP contribution is -2.36. The number of benzene rings is 1. The summed E-state index contributed by atoms with van der Waals surface area (Å²) in [6, 6.07) is 9.81. The molecule has 2 heterocycles. The van der Waals surface area contributed by atoms with Crippen molar-refractivity contribution in [3.8, 4) is 5.75 Å². The lowest BCUT2D eigenvalue weighted by atomic mass is 9.72. The molecule has 2 aliphatic rings. The van der Waals surface area contributed by atoms with Crippen LogP contribution in [-0.2, 0) is 19.1 Å². The van der Waals surface area contributed by atoms with Gasteiger partial charge in [-0.2, -0.15) is 11.3 Å². The maximum atomic E-state index is 13.5. The number of nitrogens with one attached hydrogen (secondary N) is 1. The number of methoxy groups -OCH3 is 2. The van der Waals surface area contributed by atoms with Gasteiger partial charge in [-0.05, 0) is 47.4 Å². The van der Waals surface area contributed by atoms with Gasteiger partial charge in [0.05, 0.1) is 19.3 Å². The summed E-state index contributed by atoms with van der Waals surface area (Å²) in [7, 11) is 3.21. The van der Waals surface area contributed by atoms with Crippen molar-refractivity contribution in [3.05, 3.63) is 74.8 Å². The van der Waals surface area contributed by atoms with Gasteiger partial charge < -0.3 is 19.5 Å². The number of Topliss-reactive ketones (excluding diaryl/α,β-unsaturated/α-hetero) is 1. The van der Waals surface area contributed by atoms with Gasteiger partial charge >= 0.3 is 5.97 Å². The minimum atomic E-state index is -0.432. The minimum absolute atomic E-state index is 0.0102. The molecule has 0 bridgehead atoms. The highest BCUT2D eigenvalue weighted by molar-refractivity contribution is 7.08. The van der Waals surface area contributed by atoms with Crippen LogP contribution in [0.5, 0.6) is 5.75 Å². The van der Waals surface area contributed by atoms with Crippen LogP contribution in [0.15, 0.2) is 63.6 Å². The molecule has 7 heteroatoms. The quantitative estimate of drug-likeness (QED) is 0.498. The maximum Gasteiger partial charge on any atom is 0.336 e. The van der Waals surface area contributed by atoms with E-state index in [1.807, 2.05) is 48.0 Å². The van der Waals surface area contributed by atoms with E-state index in [4.69, 9.17) is 14.2 Å². The molecule has 2 atom stereocenters. The minimum Gasteiger partial charge on any atom is -0.496 e. The highest BCUT2D eigenvalue weighted by atomic mass is 32.1. The summed E-state index contributed by atoms with van der Waals surface area (Å²) < 4.78 is 16.0. The Bertz CT molecular complexity index is 1070. The monoisotopic (exact) mass is 453 g/mol. The molecule has 1 aliphatic heterocycles. The highest BCUT2D eigenvalue weighted by Gasteiger charge is 2.41. The van der Waals surface area contributed by atoms with Crippen LogP contribution >= 0.6 is 11.3 Å². The van der Waals surface area contributed by atoms with Crippen LogP contribution in [0.25, 0.3) is 0 Å². The zero-order chi connectivity index (χ0) is 22.7. The number of carbonyl (C=O) groups is 2. The van der Waals surface area contributed by atoms with E-state index in [-0.39, 0.29) is 18.3 Å². The molecule has 4 rings (SSSR count). The van der Waals surface area contributed by atoms with E-state index in [2.05, 4.69) is 5.32 Å². The summed E-state index contributed by atoms with van der Waals surface area (Å²) in [6.45, 7) is 2.35. The number of para-hydroxylation sites is 1. The van der Waals surface area contributed by atoms with Crippen LogP contribution in [0.2, 0.25) is 0 Å². The molecule has 1 aromatic heterocycles. The molecule has 168 valence electrons. The maximum absolute atomic E-state index is 13.5. The van der Waals surface area contributed by atoms with Crippen molar-refractivity contribution in [1.82, 2.24) is 5.32 Å². The second-order valence-corrected chi connectivity index (χ2v) is 8.72. The van der Waals surface area contributed by atoms with Crippen LogP contribution in [0.3, 0.4) is 0 Å². The molecule has 32 heavy (non-hydrogen) atoms. The van der Waals surface area contributed by atoms with E-state index in [9.17, 15) is 9.59 Å². The van der Waals surface area contributed by atoms with Gasteiger partial charge in [0.15, 0.2) is 5.78 Å². The highest BCUT2D eigenvalue weighted by Crippen LogP contribution is 2.47. The van der Waals surface area contributed by atoms with E-state index in [1.54, 1.807) is 25.6 Å².